The van der Waals surface area contributed by atoms with E-state index in [-0.39, 0.29) is 63.2 Å². The van der Waals surface area contributed by atoms with Gasteiger partial charge in [-0.2, -0.15) is 0 Å². The molecule has 0 radical (unpaired) electrons. The summed E-state index contributed by atoms with van der Waals surface area (Å²) in [6.45, 7) is 8.63. The first-order valence-electron chi connectivity index (χ1n) is 13.7. The Bertz CT molecular complexity index is 1680. The summed E-state index contributed by atoms with van der Waals surface area (Å²) in [5.41, 5.74) is 4.19. The van der Waals surface area contributed by atoms with E-state index >= 15 is 0 Å². The van der Waals surface area contributed by atoms with Crippen LogP contribution in [0.15, 0.2) is 51.2 Å². The smallest absolute Gasteiger partial charge is 0.870 e. The Balaban J connectivity index is 0.00000552. The molecule has 2 unspecified atom stereocenters. The minimum atomic E-state index is -1.53. The van der Waals surface area contributed by atoms with Crippen LogP contribution >= 0.6 is 0 Å². The first kappa shape index (κ1) is 35.9. The zero-order chi connectivity index (χ0) is 32.5. The molecule has 13 nitrogen and oxygen atoms in total. The van der Waals surface area contributed by atoms with Gasteiger partial charge in [-0.15, -0.1) is 0 Å². The van der Waals surface area contributed by atoms with E-state index in [1.807, 2.05) is 19.9 Å². The van der Waals surface area contributed by atoms with Gasteiger partial charge in [-0.05, 0) is 76.9 Å². The van der Waals surface area contributed by atoms with Gasteiger partial charge in [0.1, 0.15) is 28.9 Å². The molecule has 4 rings (SSSR count). The quantitative estimate of drug-likeness (QED) is 0.148. The number of allylic oxidation sites excluding steroid dienone is 2. The molecule has 5 N–H and O–H groups in total. The van der Waals surface area contributed by atoms with E-state index in [1.54, 1.807) is 13.8 Å². The van der Waals surface area contributed by atoms with Crippen LogP contribution in [0.2, 0.25) is 0 Å². The molecule has 14 heteroatoms. The van der Waals surface area contributed by atoms with Gasteiger partial charge in [0.2, 0.25) is 6.29 Å². The summed E-state index contributed by atoms with van der Waals surface area (Å²) in [5, 5.41) is 36.7. The molecule has 3 aromatic rings. The number of nitrogens with two attached hydrogens (primary N) is 1. The van der Waals surface area contributed by atoms with Gasteiger partial charge >= 0.3 is 41.3 Å². The van der Waals surface area contributed by atoms with Crippen LogP contribution in [0.3, 0.4) is 0 Å². The maximum atomic E-state index is 13.3. The van der Waals surface area contributed by atoms with Gasteiger partial charge in [0.25, 0.3) is 5.91 Å². The van der Waals surface area contributed by atoms with E-state index in [0.717, 1.165) is 5.57 Å². The normalized spacial score (nSPS) is 20.5. The minimum absolute atomic E-state index is 0. The molecule has 4 atom stereocenters. The maximum Gasteiger partial charge on any atom is 1.00 e. The fourth-order valence-corrected chi connectivity index (χ4v) is 5.05. The van der Waals surface area contributed by atoms with Crippen molar-refractivity contribution in [3.63, 3.8) is 0 Å². The number of hydrogen-bond donors (Lipinski definition) is 4. The first-order valence-corrected chi connectivity index (χ1v) is 13.7. The van der Waals surface area contributed by atoms with Crippen molar-refractivity contribution in [3.05, 3.63) is 69.1 Å². The van der Waals surface area contributed by atoms with Gasteiger partial charge in [-0.3, -0.25) is 4.79 Å². The number of ether oxygens (including phenoxy) is 4. The zero-order valence-electron chi connectivity index (χ0n) is 26.1. The number of phenols is 1. The molecular formula is C31H35N2NaO11. The molecule has 236 valence electrons. The van der Waals surface area contributed by atoms with E-state index in [1.165, 1.54) is 44.4 Å². The fraction of sp³-hybridized carbons (Fsp3) is 0.387. The van der Waals surface area contributed by atoms with Gasteiger partial charge in [0.15, 0.2) is 12.2 Å². The van der Waals surface area contributed by atoms with Crippen LogP contribution in [-0.4, -0.2) is 59.5 Å². The number of rotatable bonds is 8. The van der Waals surface area contributed by atoms with E-state index in [2.05, 4.69) is 5.32 Å². The Morgan fingerprint density at radius 2 is 1.89 bits per heavy atom. The first-order chi connectivity index (χ1) is 20.6. The summed E-state index contributed by atoms with van der Waals surface area (Å²) in [6, 6.07) is 6.96. The topological polar surface area (TPSA) is 203 Å². The van der Waals surface area contributed by atoms with E-state index in [9.17, 15) is 29.7 Å². The third-order valence-corrected chi connectivity index (χ3v) is 7.31. The van der Waals surface area contributed by atoms with Crippen molar-refractivity contribution in [2.24, 2.45) is 5.73 Å². The summed E-state index contributed by atoms with van der Waals surface area (Å²) in [6.07, 6.45) is -3.88. The standard InChI is InChI=1S/C31H36N2O11.Na/c1-14(2)7-8-16-13-17(9-11-19(16)34)27(37)33-21-22(35)18-10-12-20(15(3)24(18)42-28(21)38)41-29-23(36)25(43-30(32)39)26(40-6)31(4,5)44-29;/h7,9-13,23,25-26,29,34-36H,8H2,1-6H3,(H2,32,39)(H,33,37);/q;+1/p-1/t23-,25+,26?,29?;/m1./s1. The second-order valence-electron chi connectivity index (χ2n) is 11.2. The van der Waals surface area contributed by atoms with Crippen LogP contribution < -0.4 is 56.1 Å². The minimum Gasteiger partial charge on any atom is -0.870 e. The molecule has 1 aliphatic rings. The zero-order valence-corrected chi connectivity index (χ0v) is 28.1. The van der Waals surface area contributed by atoms with Crippen LogP contribution in [-0.2, 0) is 20.6 Å². The Kier molecular flexibility index (Phi) is 11.3. The number of aromatic hydroxyl groups is 1. The molecule has 0 spiro atoms. The van der Waals surface area contributed by atoms with Gasteiger partial charge in [-0.25, -0.2) is 9.59 Å². The van der Waals surface area contributed by atoms with Gasteiger partial charge in [0.05, 0.1) is 5.60 Å². The number of anilines is 1. The summed E-state index contributed by atoms with van der Waals surface area (Å²) in [4.78, 5) is 37.4. The summed E-state index contributed by atoms with van der Waals surface area (Å²) < 4.78 is 27.8. The van der Waals surface area contributed by atoms with Crippen molar-refractivity contribution in [1.29, 1.82) is 0 Å². The number of aryl methyl sites for hydroxylation is 1. The Labute approximate surface area is 281 Å². The van der Waals surface area contributed by atoms with E-state index in [0.29, 0.717) is 12.0 Å². The van der Waals surface area contributed by atoms with Crippen molar-refractivity contribution in [1.82, 2.24) is 0 Å². The van der Waals surface area contributed by atoms with Crippen LogP contribution in [0.25, 0.3) is 11.0 Å². The second kappa shape index (κ2) is 14.2. The monoisotopic (exact) mass is 634 g/mol. The number of phenolic OH excluding ortho intramolecular Hbond substituents is 1. The number of methoxy groups -OCH3 is 1. The number of carbonyl (C=O) groups excluding carboxylic acids is 2. The van der Waals surface area contributed by atoms with E-state index in [4.69, 9.17) is 29.1 Å². The molecule has 0 saturated carbocycles. The van der Waals surface area contributed by atoms with Gasteiger partial charge in [0, 0.05) is 23.6 Å². The molecular weight excluding hydrogens is 599 g/mol. The molecule has 0 bridgehead atoms. The predicted molar refractivity (Wildman–Crippen MR) is 157 cm³/mol. The van der Waals surface area contributed by atoms with Gasteiger partial charge in [-0.1, -0.05) is 17.4 Å². The van der Waals surface area contributed by atoms with Gasteiger partial charge < -0.3 is 49.7 Å². The summed E-state index contributed by atoms with van der Waals surface area (Å²) >= 11 is 0. The molecule has 1 saturated heterocycles. The maximum absolute atomic E-state index is 13.3. The number of aliphatic hydroxyl groups is 1. The SMILES string of the molecule is COC1[C@@H](OC(N)=O)[C@@H](O)C(Oc2ccc3c([O-])c(NC(=O)c4ccc(O)c(CC=C(C)C)c4)c(=O)oc3c2C)OC1(C)C.[Na+]. The Morgan fingerprint density at radius 1 is 1.20 bits per heavy atom. The Hall–Kier alpha value is -3.59. The number of benzene rings is 2. The molecule has 2 aromatic carbocycles. The second-order valence-corrected chi connectivity index (χ2v) is 11.2. The number of amides is 2. The molecule has 45 heavy (non-hydrogen) atoms. The average Bonchev–Trinajstić information content (AvgIpc) is 2.94. The van der Waals surface area contributed by atoms with Crippen molar-refractivity contribution < 1.29 is 77.8 Å². The fourth-order valence-electron chi connectivity index (χ4n) is 5.05. The van der Waals surface area contributed by atoms with Crippen molar-refractivity contribution in [3.8, 4) is 17.2 Å². The number of nitrogens with one attached hydrogen (secondary N) is 1. The molecule has 1 aliphatic heterocycles. The molecule has 1 aromatic heterocycles. The van der Waals surface area contributed by atoms with Crippen molar-refractivity contribution >= 4 is 28.7 Å². The molecule has 1 fully saturated rings. The number of fused-ring (bicyclic) bond motifs is 1. The van der Waals surface area contributed by atoms with E-state index < -0.39 is 59.3 Å². The van der Waals surface area contributed by atoms with Crippen LogP contribution in [0, 0.1) is 6.92 Å². The molecule has 2 heterocycles. The van der Waals surface area contributed by atoms with Crippen LogP contribution in [0.4, 0.5) is 10.5 Å². The summed E-state index contributed by atoms with van der Waals surface area (Å²) in [5.74, 6) is -1.42. The number of aliphatic hydroxyl groups excluding tert-OH is 1. The molecule has 0 aliphatic carbocycles. The summed E-state index contributed by atoms with van der Waals surface area (Å²) in [7, 11) is 1.36. The third-order valence-electron chi connectivity index (χ3n) is 7.31. The predicted octanol–water partition coefficient (Wildman–Crippen LogP) is -0.000880. The average molecular weight is 635 g/mol. The van der Waals surface area contributed by atoms with Crippen molar-refractivity contribution in [2.45, 2.75) is 71.2 Å². The van der Waals surface area contributed by atoms with Crippen LogP contribution in [0.5, 0.6) is 17.2 Å². The Morgan fingerprint density at radius 3 is 2.51 bits per heavy atom. The largest absolute Gasteiger partial charge is 1.00 e. The number of carbonyl (C=O) groups is 2. The number of primary amides is 1. The van der Waals surface area contributed by atoms with Crippen molar-refractivity contribution in [2.75, 3.05) is 12.4 Å². The third kappa shape index (κ3) is 7.63. The molecule has 2 amide bonds. The van der Waals surface area contributed by atoms with Crippen LogP contribution in [0.1, 0.15) is 49.2 Å². The number of hydrogen-bond acceptors (Lipinski definition) is 11.